The lowest BCUT2D eigenvalue weighted by atomic mass is 10.0. The summed E-state index contributed by atoms with van der Waals surface area (Å²) in [4.78, 5) is 32.4. The van der Waals surface area contributed by atoms with E-state index in [4.69, 9.17) is 4.74 Å². The number of rotatable bonds is 9. The van der Waals surface area contributed by atoms with Crippen LogP contribution < -0.4 is 15.0 Å². The van der Waals surface area contributed by atoms with E-state index in [0.29, 0.717) is 30.6 Å². The smallest absolute Gasteiger partial charge is 0.280 e. The van der Waals surface area contributed by atoms with Gasteiger partial charge in [-0.15, -0.1) is 5.10 Å². The summed E-state index contributed by atoms with van der Waals surface area (Å²) in [6.45, 7) is 5.17. The van der Waals surface area contributed by atoms with E-state index in [1.54, 1.807) is 19.1 Å². The zero-order valence-corrected chi connectivity index (χ0v) is 21.6. The molecule has 2 fully saturated rings. The second kappa shape index (κ2) is 11.3. The maximum absolute atomic E-state index is 13.1. The van der Waals surface area contributed by atoms with Gasteiger partial charge in [-0.3, -0.25) is 14.6 Å². The monoisotopic (exact) mass is 536 g/mol. The van der Waals surface area contributed by atoms with Gasteiger partial charge in [-0.1, -0.05) is 18.2 Å². The minimum Gasteiger partial charge on any atom is -0.472 e. The number of anilines is 1. The molecule has 9 nitrogen and oxygen atoms in total. The Balaban J connectivity index is 1.11. The van der Waals surface area contributed by atoms with Crippen molar-refractivity contribution in [3.8, 4) is 5.88 Å². The van der Waals surface area contributed by atoms with Crippen LogP contribution in [0.25, 0.3) is 0 Å². The van der Waals surface area contributed by atoms with E-state index in [0.717, 1.165) is 37.4 Å². The van der Waals surface area contributed by atoms with Crippen molar-refractivity contribution >= 4 is 17.5 Å². The second-order valence-electron chi connectivity index (χ2n) is 9.86. The SMILES string of the molecule is CC(=O)N1CCN(c2ccc(CNC(=O)C3(c4ccc(OCc5ccc(C(F)F)nc5)nn4)CC3)cc2)CC1. The second-order valence-corrected chi connectivity index (χ2v) is 9.86. The molecule has 0 unspecified atom stereocenters. The number of ether oxygens (including phenoxy) is 1. The van der Waals surface area contributed by atoms with Gasteiger partial charge in [0.25, 0.3) is 6.43 Å². The highest BCUT2D eigenvalue weighted by Crippen LogP contribution is 2.47. The van der Waals surface area contributed by atoms with Gasteiger partial charge in [0.2, 0.25) is 17.7 Å². The van der Waals surface area contributed by atoms with Crippen LogP contribution in [0.2, 0.25) is 0 Å². The maximum atomic E-state index is 13.1. The number of aromatic nitrogens is 3. The largest absolute Gasteiger partial charge is 0.472 e. The molecule has 1 N–H and O–H groups in total. The van der Waals surface area contributed by atoms with Gasteiger partial charge in [0.15, 0.2) is 0 Å². The number of halogens is 2. The Labute approximate surface area is 225 Å². The molecule has 2 aliphatic rings. The number of carbonyl (C=O) groups excluding carboxylic acids is 2. The van der Waals surface area contributed by atoms with Crippen LogP contribution in [0.4, 0.5) is 14.5 Å². The van der Waals surface area contributed by atoms with Gasteiger partial charge in [-0.25, -0.2) is 8.78 Å². The van der Waals surface area contributed by atoms with Gasteiger partial charge in [-0.2, -0.15) is 5.10 Å². The van der Waals surface area contributed by atoms with Crippen LogP contribution >= 0.6 is 0 Å². The normalized spacial score (nSPS) is 16.2. The van der Waals surface area contributed by atoms with Crippen molar-refractivity contribution in [2.45, 2.75) is 44.8 Å². The molecule has 1 saturated carbocycles. The number of piperazine rings is 1. The summed E-state index contributed by atoms with van der Waals surface area (Å²) in [6, 6.07) is 14.3. The molecule has 1 aromatic carbocycles. The van der Waals surface area contributed by atoms with Crippen LogP contribution in [0, 0.1) is 0 Å². The van der Waals surface area contributed by atoms with Crippen molar-refractivity contribution in [1.82, 2.24) is 25.4 Å². The molecular formula is C28H30F2N6O3. The molecule has 3 aromatic rings. The predicted molar refractivity (Wildman–Crippen MR) is 139 cm³/mol. The summed E-state index contributed by atoms with van der Waals surface area (Å²) < 4.78 is 30.9. The molecule has 3 heterocycles. The van der Waals surface area contributed by atoms with Crippen molar-refractivity contribution in [2.75, 3.05) is 31.1 Å². The fourth-order valence-electron chi connectivity index (χ4n) is 4.64. The third kappa shape index (κ3) is 6.13. The van der Waals surface area contributed by atoms with Crippen LogP contribution in [0.15, 0.2) is 54.7 Å². The van der Waals surface area contributed by atoms with Gasteiger partial charge in [0, 0.05) is 63.2 Å². The number of carbonyl (C=O) groups is 2. The summed E-state index contributed by atoms with van der Waals surface area (Å²) in [5, 5.41) is 11.4. The first-order valence-corrected chi connectivity index (χ1v) is 12.9. The van der Waals surface area contributed by atoms with Crippen molar-refractivity contribution < 1.29 is 23.1 Å². The fourth-order valence-corrected chi connectivity index (χ4v) is 4.64. The lowest BCUT2D eigenvalue weighted by Crippen LogP contribution is -2.48. The number of benzene rings is 1. The minimum atomic E-state index is -2.61. The van der Waals surface area contributed by atoms with Crippen molar-refractivity contribution in [3.63, 3.8) is 0 Å². The molecule has 11 heteroatoms. The highest BCUT2D eigenvalue weighted by molar-refractivity contribution is 5.90. The molecule has 0 bridgehead atoms. The predicted octanol–water partition coefficient (Wildman–Crippen LogP) is 3.40. The van der Waals surface area contributed by atoms with Crippen LogP contribution in [-0.2, 0) is 28.2 Å². The number of nitrogens with zero attached hydrogens (tertiary/aromatic N) is 5. The Morgan fingerprint density at radius 3 is 2.26 bits per heavy atom. The molecular weight excluding hydrogens is 506 g/mol. The third-order valence-electron chi connectivity index (χ3n) is 7.25. The van der Waals surface area contributed by atoms with E-state index in [9.17, 15) is 18.4 Å². The van der Waals surface area contributed by atoms with Gasteiger partial charge < -0.3 is 19.9 Å². The quantitative estimate of drug-likeness (QED) is 0.447. The summed E-state index contributed by atoms with van der Waals surface area (Å²) in [7, 11) is 0. The number of alkyl halides is 2. The summed E-state index contributed by atoms with van der Waals surface area (Å²) in [6.07, 6.45) is 0.122. The Kier molecular flexibility index (Phi) is 7.67. The van der Waals surface area contributed by atoms with Crippen LogP contribution in [-0.4, -0.2) is 58.1 Å². The van der Waals surface area contributed by atoms with E-state index in [-0.39, 0.29) is 30.0 Å². The Morgan fingerprint density at radius 2 is 1.69 bits per heavy atom. The molecule has 5 rings (SSSR count). The first-order chi connectivity index (χ1) is 18.8. The zero-order chi connectivity index (χ0) is 27.4. The number of hydrogen-bond donors (Lipinski definition) is 1. The van der Waals surface area contributed by atoms with Gasteiger partial charge >= 0.3 is 0 Å². The Morgan fingerprint density at radius 1 is 0.974 bits per heavy atom. The van der Waals surface area contributed by atoms with Gasteiger partial charge in [0.1, 0.15) is 12.3 Å². The van der Waals surface area contributed by atoms with Crippen molar-refractivity contribution in [1.29, 1.82) is 0 Å². The van der Waals surface area contributed by atoms with E-state index in [2.05, 4.69) is 25.4 Å². The van der Waals surface area contributed by atoms with E-state index < -0.39 is 11.8 Å². The molecule has 1 saturated heterocycles. The molecule has 2 amide bonds. The van der Waals surface area contributed by atoms with Crippen LogP contribution in [0.3, 0.4) is 0 Å². The first kappa shape index (κ1) is 26.5. The molecule has 0 radical (unpaired) electrons. The third-order valence-corrected chi connectivity index (χ3v) is 7.25. The average Bonchev–Trinajstić information content (AvgIpc) is 3.78. The van der Waals surface area contributed by atoms with Crippen molar-refractivity contribution in [3.05, 3.63) is 77.2 Å². The number of amides is 2. The van der Waals surface area contributed by atoms with Crippen LogP contribution in [0.5, 0.6) is 5.88 Å². The van der Waals surface area contributed by atoms with E-state index in [1.807, 2.05) is 29.2 Å². The molecule has 0 spiro atoms. The Bertz CT molecular complexity index is 1290. The summed E-state index contributed by atoms with van der Waals surface area (Å²) in [5.74, 6) is 0.301. The highest BCUT2D eigenvalue weighted by Gasteiger charge is 2.52. The Hall–Kier alpha value is -4.15. The molecule has 1 aliphatic heterocycles. The molecule has 2 aromatic heterocycles. The maximum Gasteiger partial charge on any atom is 0.280 e. The summed E-state index contributed by atoms with van der Waals surface area (Å²) in [5.41, 5.74) is 2.36. The summed E-state index contributed by atoms with van der Waals surface area (Å²) >= 11 is 0. The topological polar surface area (TPSA) is 101 Å². The van der Waals surface area contributed by atoms with E-state index in [1.165, 1.54) is 18.3 Å². The van der Waals surface area contributed by atoms with Crippen LogP contribution in [0.1, 0.15) is 48.7 Å². The standard InChI is InChI=1S/C28H30F2N6O3/c1-19(37)35-12-14-36(15-13-35)22-5-2-20(3-6-22)16-32-27(38)28(10-11-28)24-8-9-25(34-33-24)39-18-21-4-7-23(26(29)30)31-17-21/h2-9,17,26H,10-16,18H2,1H3,(H,32,38). The zero-order valence-electron chi connectivity index (χ0n) is 21.6. The van der Waals surface area contributed by atoms with E-state index >= 15 is 0 Å². The van der Waals surface area contributed by atoms with Gasteiger partial charge in [0.05, 0.1) is 11.1 Å². The minimum absolute atomic E-state index is 0.0832. The number of pyridine rings is 1. The van der Waals surface area contributed by atoms with Crippen molar-refractivity contribution in [2.24, 2.45) is 0 Å². The molecule has 39 heavy (non-hydrogen) atoms. The molecule has 1 aliphatic carbocycles. The molecule has 204 valence electrons. The van der Waals surface area contributed by atoms with Gasteiger partial charge in [-0.05, 0) is 42.7 Å². The number of hydrogen-bond acceptors (Lipinski definition) is 7. The lowest BCUT2D eigenvalue weighted by molar-refractivity contribution is -0.129. The lowest BCUT2D eigenvalue weighted by Gasteiger charge is -2.35. The number of nitrogens with one attached hydrogen (secondary N) is 1. The molecule has 0 atom stereocenters. The average molecular weight is 537 g/mol. The first-order valence-electron chi connectivity index (χ1n) is 12.9. The fraction of sp³-hybridized carbons (Fsp3) is 0.393. The highest BCUT2D eigenvalue weighted by atomic mass is 19.3.